The van der Waals surface area contributed by atoms with E-state index in [2.05, 4.69) is 10.6 Å². The van der Waals surface area contributed by atoms with E-state index in [9.17, 15) is 13.2 Å². The monoisotopic (exact) mass is 327 g/mol. The van der Waals surface area contributed by atoms with Gasteiger partial charge in [0.05, 0.1) is 18.0 Å². The summed E-state index contributed by atoms with van der Waals surface area (Å²) >= 11 is 0. The lowest BCUT2D eigenvalue weighted by molar-refractivity contribution is 0.198. The van der Waals surface area contributed by atoms with Crippen molar-refractivity contribution in [1.29, 1.82) is 0 Å². The molecule has 0 aliphatic carbocycles. The van der Waals surface area contributed by atoms with E-state index in [4.69, 9.17) is 4.74 Å². The van der Waals surface area contributed by atoms with Crippen LogP contribution >= 0.6 is 0 Å². The van der Waals surface area contributed by atoms with Crippen LogP contribution in [-0.2, 0) is 14.8 Å². The molecule has 2 amide bonds. The normalized spacial score (nSPS) is 17.0. The Kier molecular flexibility index (Phi) is 5.62. The van der Waals surface area contributed by atoms with Crippen molar-refractivity contribution in [2.75, 3.05) is 42.2 Å². The molecular formula is C14H21N3O4S. The van der Waals surface area contributed by atoms with Gasteiger partial charge in [0.25, 0.3) is 0 Å². The summed E-state index contributed by atoms with van der Waals surface area (Å²) in [5.74, 6) is 0.169. The van der Waals surface area contributed by atoms with Gasteiger partial charge in [-0.05, 0) is 31.0 Å². The van der Waals surface area contributed by atoms with Crippen LogP contribution in [0.5, 0.6) is 0 Å². The van der Waals surface area contributed by atoms with Crippen LogP contribution in [0.25, 0.3) is 0 Å². The van der Waals surface area contributed by atoms with Gasteiger partial charge in [0.1, 0.15) is 0 Å². The van der Waals surface area contributed by atoms with Crippen molar-refractivity contribution >= 4 is 27.4 Å². The summed E-state index contributed by atoms with van der Waals surface area (Å²) in [4.78, 5) is 11.7. The molecule has 0 bridgehead atoms. The summed E-state index contributed by atoms with van der Waals surface area (Å²) in [7, 11) is -1.69. The first kappa shape index (κ1) is 16.6. The van der Waals surface area contributed by atoms with Gasteiger partial charge >= 0.3 is 6.03 Å². The maximum absolute atomic E-state index is 12.1. The van der Waals surface area contributed by atoms with E-state index in [1.54, 1.807) is 31.4 Å². The highest BCUT2D eigenvalue weighted by Crippen LogP contribution is 2.25. The standard InChI is InChI=1S/C14H21N3O4S/c1-21-9-7-15-14(18)16-12-5-4-6-13(11-12)17-8-2-3-10-22(17,19)20/h4-6,11H,2-3,7-10H2,1H3,(H2,15,16,18). The van der Waals surface area contributed by atoms with Crippen molar-refractivity contribution in [3.63, 3.8) is 0 Å². The number of nitrogens with one attached hydrogen (secondary N) is 2. The van der Waals surface area contributed by atoms with Crippen LogP contribution < -0.4 is 14.9 Å². The molecule has 0 unspecified atom stereocenters. The predicted molar refractivity (Wildman–Crippen MR) is 85.7 cm³/mol. The Morgan fingerprint density at radius 2 is 2.18 bits per heavy atom. The first-order valence-corrected chi connectivity index (χ1v) is 8.78. The van der Waals surface area contributed by atoms with Gasteiger partial charge in [0.15, 0.2) is 0 Å². The summed E-state index contributed by atoms with van der Waals surface area (Å²) in [6, 6.07) is 6.49. The lowest BCUT2D eigenvalue weighted by Gasteiger charge is -2.28. The number of hydrogen-bond donors (Lipinski definition) is 2. The van der Waals surface area contributed by atoms with E-state index in [-0.39, 0.29) is 11.8 Å². The summed E-state index contributed by atoms with van der Waals surface area (Å²) in [6.45, 7) is 1.31. The zero-order chi connectivity index (χ0) is 16.0. The Morgan fingerprint density at radius 1 is 1.36 bits per heavy atom. The van der Waals surface area contributed by atoms with Gasteiger partial charge in [-0.25, -0.2) is 13.2 Å². The van der Waals surface area contributed by atoms with Gasteiger partial charge in [0.2, 0.25) is 10.0 Å². The van der Waals surface area contributed by atoms with Crippen molar-refractivity contribution in [2.45, 2.75) is 12.8 Å². The number of carbonyl (C=O) groups is 1. The zero-order valence-corrected chi connectivity index (χ0v) is 13.4. The third kappa shape index (κ3) is 4.35. The van der Waals surface area contributed by atoms with Crippen LogP contribution in [0, 0.1) is 0 Å². The molecule has 7 nitrogen and oxygen atoms in total. The molecule has 1 aromatic carbocycles. The predicted octanol–water partition coefficient (Wildman–Crippen LogP) is 1.38. The van der Waals surface area contributed by atoms with Crippen molar-refractivity contribution in [1.82, 2.24) is 5.32 Å². The number of anilines is 2. The first-order valence-electron chi connectivity index (χ1n) is 7.17. The van der Waals surface area contributed by atoms with Crippen molar-refractivity contribution in [3.8, 4) is 0 Å². The van der Waals surface area contributed by atoms with Gasteiger partial charge < -0.3 is 15.4 Å². The van der Waals surface area contributed by atoms with Crippen LogP contribution in [0.15, 0.2) is 24.3 Å². The number of carbonyl (C=O) groups excluding carboxylic acids is 1. The van der Waals surface area contributed by atoms with Gasteiger partial charge in [-0.15, -0.1) is 0 Å². The fourth-order valence-electron chi connectivity index (χ4n) is 2.26. The van der Waals surface area contributed by atoms with E-state index in [0.29, 0.717) is 37.5 Å². The largest absolute Gasteiger partial charge is 0.383 e. The minimum atomic E-state index is -3.25. The minimum Gasteiger partial charge on any atom is -0.383 e. The Balaban J connectivity index is 2.05. The van der Waals surface area contributed by atoms with E-state index >= 15 is 0 Å². The van der Waals surface area contributed by atoms with Crippen LogP contribution in [0.2, 0.25) is 0 Å². The number of benzene rings is 1. The zero-order valence-electron chi connectivity index (χ0n) is 12.5. The highest BCUT2D eigenvalue weighted by atomic mass is 32.2. The molecule has 1 saturated heterocycles. The second-order valence-corrected chi connectivity index (χ2v) is 7.03. The number of ether oxygens (including phenoxy) is 1. The lowest BCUT2D eigenvalue weighted by atomic mass is 10.2. The van der Waals surface area contributed by atoms with Crippen LogP contribution in [-0.4, -0.2) is 47.0 Å². The smallest absolute Gasteiger partial charge is 0.319 e. The fourth-order valence-corrected chi connectivity index (χ4v) is 3.89. The van der Waals surface area contributed by atoms with Crippen molar-refractivity contribution in [2.24, 2.45) is 0 Å². The van der Waals surface area contributed by atoms with Gasteiger partial charge in [0, 0.05) is 25.9 Å². The Hall–Kier alpha value is -1.80. The molecular weight excluding hydrogens is 306 g/mol. The van der Waals surface area contributed by atoms with E-state index in [1.165, 1.54) is 4.31 Å². The molecule has 0 saturated carbocycles. The number of urea groups is 1. The average molecular weight is 327 g/mol. The highest BCUT2D eigenvalue weighted by molar-refractivity contribution is 7.92. The maximum atomic E-state index is 12.1. The van der Waals surface area contributed by atoms with Gasteiger partial charge in [-0.3, -0.25) is 4.31 Å². The van der Waals surface area contributed by atoms with Crippen LogP contribution in [0.3, 0.4) is 0 Å². The highest BCUT2D eigenvalue weighted by Gasteiger charge is 2.26. The molecule has 122 valence electrons. The molecule has 1 aromatic rings. The van der Waals surface area contributed by atoms with E-state index < -0.39 is 10.0 Å². The molecule has 1 fully saturated rings. The number of hydrogen-bond acceptors (Lipinski definition) is 4. The molecule has 0 radical (unpaired) electrons. The number of sulfonamides is 1. The summed E-state index contributed by atoms with van der Waals surface area (Å²) in [5, 5.41) is 5.32. The first-order chi connectivity index (χ1) is 10.5. The Labute approximate surface area is 130 Å². The maximum Gasteiger partial charge on any atom is 0.319 e. The Bertz CT molecular complexity index is 618. The average Bonchev–Trinajstić information content (AvgIpc) is 2.47. The van der Waals surface area contributed by atoms with E-state index in [0.717, 1.165) is 6.42 Å². The molecule has 0 atom stereocenters. The summed E-state index contributed by atoms with van der Waals surface area (Å²) in [6.07, 6.45) is 1.53. The molecule has 1 aliphatic heterocycles. The quantitative estimate of drug-likeness (QED) is 0.800. The van der Waals surface area contributed by atoms with Crippen molar-refractivity contribution in [3.05, 3.63) is 24.3 Å². The minimum absolute atomic E-state index is 0.169. The second-order valence-electron chi connectivity index (χ2n) is 5.02. The van der Waals surface area contributed by atoms with Gasteiger partial charge in [-0.1, -0.05) is 6.07 Å². The molecule has 2 N–H and O–H groups in total. The molecule has 0 aromatic heterocycles. The van der Waals surface area contributed by atoms with Crippen molar-refractivity contribution < 1.29 is 17.9 Å². The number of nitrogens with zero attached hydrogens (tertiary/aromatic N) is 1. The molecule has 1 heterocycles. The lowest BCUT2D eigenvalue weighted by Crippen LogP contribution is -2.38. The topological polar surface area (TPSA) is 87.7 Å². The van der Waals surface area contributed by atoms with Crippen LogP contribution in [0.1, 0.15) is 12.8 Å². The summed E-state index contributed by atoms with van der Waals surface area (Å²) < 4.78 is 30.5. The fraction of sp³-hybridized carbons (Fsp3) is 0.500. The summed E-state index contributed by atoms with van der Waals surface area (Å²) in [5.41, 5.74) is 1.13. The molecule has 8 heteroatoms. The van der Waals surface area contributed by atoms with E-state index in [1.807, 2.05) is 0 Å². The Morgan fingerprint density at radius 3 is 2.91 bits per heavy atom. The number of amides is 2. The van der Waals surface area contributed by atoms with Crippen LogP contribution in [0.4, 0.5) is 16.2 Å². The molecule has 1 aliphatic rings. The third-order valence-corrected chi connectivity index (χ3v) is 5.20. The number of rotatable bonds is 5. The number of methoxy groups -OCH3 is 1. The SMILES string of the molecule is COCCNC(=O)Nc1cccc(N2CCCCS2(=O)=O)c1. The van der Waals surface area contributed by atoms with Gasteiger partial charge in [-0.2, -0.15) is 0 Å². The molecule has 2 rings (SSSR count). The second kappa shape index (κ2) is 7.46. The molecule has 0 spiro atoms. The molecule has 22 heavy (non-hydrogen) atoms. The third-order valence-electron chi connectivity index (χ3n) is 3.33.